The Balaban J connectivity index is 1.55. The first-order valence-electron chi connectivity index (χ1n) is 11.3. The molecule has 3 rings (SSSR count). The van der Waals surface area contributed by atoms with Crippen molar-refractivity contribution in [2.45, 2.75) is 52.0 Å². The Labute approximate surface area is 186 Å². The number of nitrogens with zero attached hydrogens (tertiary/aromatic N) is 1. The van der Waals surface area contributed by atoms with E-state index in [1.165, 1.54) is 9.87 Å². The molecular formula is C25H34N2O3S. The summed E-state index contributed by atoms with van der Waals surface area (Å²) in [5, 5.41) is 3.15. The van der Waals surface area contributed by atoms with Gasteiger partial charge in [-0.15, -0.1) is 0 Å². The molecule has 1 fully saturated rings. The molecule has 2 atom stereocenters. The average Bonchev–Trinajstić information content (AvgIpc) is 2.78. The van der Waals surface area contributed by atoms with Crippen LogP contribution in [0.25, 0.3) is 0 Å². The van der Waals surface area contributed by atoms with Crippen molar-refractivity contribution in [1.29, 1.82) is 0 Å². The molecule has 31 heavy (non-hydrogen) atoms. The minimum Gasteiger partial charge on any atom is -0.349 e. The van der Waals surface area contributed by atoms with Gasteiger partial charge in [-0.1, -0.05) is 67.1 Å². The number of rotatable bonds is 9. The van der Waals surface area contributed by atoms with Crippen LogP contribution in [0, 0.1) is 12.8 Å². The van der Waals surface area contributed by atoms with E-state index in [1.807, 2.05) is 49.4 Å². The van der Waals surface area contributed by atoms with Crippen molar-refractivity contribution < 1.29 is 13.2 Å². The first-order valence-corrected chi connectivity index (χ1v) is 12.9. The van der Waals surface area contributed by atoms with Gasteiger partial charge in [-0.2, -0.15) is 0 Å². The maximum atomic E-state index is 12.9. The van der Waals surface area contributed by atoms with E-state index in [1.54, 1.807) is 0 Å². The van der Waals surface area contributed by atoms with Gasteiger partial charge in [0.1, 0.15) is 0 Å². The van der Waals surface area contributed by atoms with Crippen LogP contribution in [-0.2, 0) is 21.2 Å². The molecule has 1 saturated heterocycles. The highest BCUT2D eigenvalue weighted by Gasteiger charge is 2.32. The lowest BCUT2D eigenvalue weighted by molar-refractivity contribution is -0.126. The fraction of sp³-hybridized carbons (Fsp3) is 0.480. The van der Waals surface area contributed by atoms with Gasteiger partial charge >= 0.3 is 0 Å². The van der Waals surface area contributed by atoms with E-state index >= 15 is 0 Å². The molecule has 5 nitrogen and oxygen atoms in total. The standard InChI is InChI=1S/C25H34N2O3S/c1-3-24(22-15-13-20(2)14-16-22)26-25(28)23-12-7-17-27(19-23)31(29,30)18-8-11-21-9-5-4-6-10-21/h4-6,9-10,13-16,23-24H,3,7-8,11-12,17-19H2,1-2H3,(H,26,28). The Kier molecular flexibility index (Phi) is 8.27. The van der Waals surface area contributed by atoms with Gasteiger partial charge in [0.25, 0.3) is 0 Å². The van der Waals surface area contributed by atoms with Crippen LogP contribution >= 0.6 is 0 Å². The molecule has 2 aromatic rings. The van der Waals surface area contributed by atoms with Gasteiger partial charge < -0.3 is 5.32 Å². The highest BCUT2D eigenvalue weighted by Crippen LogP contribution is 2.23. The molecular weight excluding hydrogens is 408 g/mol. The second-order valence-electron chi connectivity index (χ2n) is 8.48. The number of amides is 1. The molecule has 0 saturated carbocycles. The van der Waals surface area contributed by atoms with Crippen LogP contribution in [-0.4, -0.2) is 37.5 Å². The van der Waals surface area contributed by atoms with Crippen molar-refractivity contribution in [3.8, 4) is 0 Å². The molecule has 2 unspecified atom stereocenters. The average molecular weight is 443 g/mol. The van der Waals surface area contributed by atoms with E-state index < -0.39 is 10.0 Å². The lowest BCUT2D eigenvalue weighted by atomic mass is 9.97. The number of nitrogens with one attached hydrogen (secondary N) is 1. The zero-order valence-electron chi connectivity index (χ0n) is 18.6. The van der Waals surface area contributed by atoms with Crippen LogP contribution in [0.2, 0.25) is 0 Å². The van der Waals surface area contributed by atoms with Gasteiger partial charge in [0.15, 0.2) is 0 Å². The van der Waals surface area contributed by atoms with Crippen molar-refractivity contribution in [1.82, 2.24) is 9.62 Å². The first kappa shape index (κ1) is 23.5. The number of sulfonamides is 1. The molecule has 0 aromatic heterocycles. The summed E-state index contributed by atoms with van der Waals surface area (Å²) in [4.78, 5) is 12.9. The maximum Gasteiger partial charge on any atom is 0.224 e. The molecule has 1 aliphatic rings. The zero-order chi connectivity index (χ0) is 22.3. The Morgan fingerprint density at radius 2 is 1.84 bits per heavy atom. The van der Waals surface area contributed by atoms with Crippen LogP contribution in [0.3, 0.4) is 0 Å². The molecule has 0 aliphatic carbocycles. The van der Waals surface area contributed by atoms with E-state index in [0.29, 0.717) is 13.0 Å². The number of hydrogen-bond acceptors (Lipinski definition) is 3. The predicted octanol–water partition coefficient (Wildman–Crippen LogP) is 4.24. The second-order valence-corrected chi connectivity index (χ2v) is 10.6. The number of aryl methyl sites for hydroxylation is 2. The van der Waals surface area contributed by atoms with E-state index in [0.717, 1.165) is 36.8 Å². The topological polar surface area (TPSA) is 66.5 Å². The highest BCUT2D eigenvalue weighted by molar-refractivity contribution is 7.89. The molecule has 1 N–H and O–H groups in total. The van der Waals surface area contributed by atoms with Crippen molar-refractivity contribution in [2.75, 3.05) is 18.8 Å². The van der Waals surface area contributed by atoms with E-state index in [4.69, 9.17) is 0 Å². The molecule has 0 bridgehead atoms. The lowest BCUT2D eigenvalue weighted by Gasteiger charge is -2.32. The Morgan fingerprint density at radius 3 is 2.52 bits per heavy atom. The summed E-state index contributed by atoms with van der Waals surface area (Å²) < 4.78 is 27.3. The molecule has 168 valence electrons. The zero-order valence-corrected chi connectivity index (χ0v) is 19.4. The quantitative estimate of drug-likeness (QED) is 0.632. The first-order chi connectivity index (χ1) is 14.9. The summed E-state index contributed by atoms with van der Waals surface area (Å²) in [6, 6.07) is 18.1. The van der Waals surface area contributed by atoms with Crippen molar-refractivity contribution in [3.63, 3.8) is 0 Å². The monoisotopic (exact) mass is 442 g/mol. The Morgan fingerprint density at radius 1 is 1.13 bits per heavy atom. The maximum absolute atomic E-state index is 12.9. The predicted molar refractivity (Wildman–Crippen MR) is 125 cm³/mol. The summed E-state index contributed by atoms with van der Waals surface area (Å²) in [5.74, 6) is -0.217. The minimum absolute atomic E-state index is 0.0448. The third-order valence-corrected chi connectivity index (χ3v) is 7.99. The largest absolute Gasteiger partial charge is 0.349 e. The van der Waals surface area contributed by atoms with Gasteiger partial charge in [0, 0.05) is 13.1 Å². The van der Waals surface area contributed by atoms with Gasteiger partial charge in [-0.05, 0) is 50.2 Å². The fourth-order valence-electron chi connectivity index (χ4n) is 4.15. The molecule has 1 aliphatic heterocycles. The van der Waals surface area contributed by atoms with Gasteiger partial charge in [-0.3, -0.25) is 4.79 Å². The molecule has 0 radical (unpaired) electrons. The van der Waals surface area contributed by atoms with Crippen LogP contribution in [0.15, 0.2) is 54.6 Å². The summed E-state index contributed by atoms with van der Waals surface area (Å²) in [5.41, 5.74) is 3.42. The van der Waals surface area contributed by atoms with Crippen molar-refractivity contribution in [2.24, 2.45) is 5.92 Å². The molecule has 1 amide bonds. The number of piperidine rings is 1. The highest BCUT2D eigenvalue weighted by atomic mass is 32.2. The van der Waals surface area contributed by atoms with Crippen LogP contribution in [0.1, 0.15) is 55.3 Å². The summed E-state index contributed by atoms with van der Waals surface area (Å²) >= 11 is 0. The minimum atomic E-state index is -3.36. The Bertz CT molecular complexity index is 942. The smallest absolute Gasteiger partial charge is 0.224 e. The van der Waals surface area contributed by atoms with Crippen molar-refractivity contribution in [3.05, 3.63) is 71.3 Å². The van der Waals surface area contributed by atoms with Gasteiger partial charge in [0.05, 0.1) is 17.7 Å². The SMILES string of the molecule is CCC(NC(=O)C1CCCN(S(=O)(=O)CCCc2ccccc2)C1)c1ccc(C)cc1. The number of carbonyl (C=O) groups excluding carboxylic acids is 1. The Hall–Kier alpha value is -2.18. The van der Waals surface area contributed by atoms with E-state index in [-0.39, 0.29) is 30.2 Å². The second kappa shape index (κ2) is 10.9. The van der Waals surface area contributed by atoms with Crippen molar-refractivity contribution >= 4 is 15.9 Å². The number of hydrogen-bond donors (Lipinski definition) is 1. The molecule has 6 heteroatoms. The van der Waals surface area contributed by atoms with Gasteiger partial charge in [0.2, 0.25) is 15.9 Å². The molecule has 0 spiro atoms. The van der Waals surface area contributed by atoms with Crippen LogP contribution < -0.4 is 5.32 Å². The summed E-state index contributed by atoms with van der Waals surface area (Å²) in [6.45, 7) is 4.88. The molecule has 1 heterocycles. The lowest BCUT2D eigenvalue weighted by Crippen LogP contribution is -2.46. The van der Waals surface area contributed by atoms with E-state index in [9.17, 15) is 13.2 Å². The summed E-state index contributed by atoms with van der Waals surface area (Å²) in [6.07, 6.45) is 3.57. The third kappa shape index (κ3) is 6.65. The third-order valence-electron chi connectivity index (χ3n) is 6.06. The number of benzene rings is 2. The molecule has 2 aromatic carbocycles. The number of carbonyl (C=O) groups is 1. The van der Waals surface area contributed by atoms with E-state index in [2.05, 4.69) is 24.4 Å². The van der Waals surface area contributed by atoms with Gasteiger partial charge in [-0.25, -0.2) is 12.7 Å². The van der Waals surface area contributed by atoms with Crippen LogP contribution in [0.4, 0.5) is 0 Å². The normalized spacial score (nSPS) is 18.5. The fourth-order valence-corrected chi connectivity index (χ4v) is 5.73. The summed E-state index contributed by atoms with van der Waals surface area (Å²) in [7, 11) is -3.36. The van der Waals surface area contributed by atoms with Crippen LogP contribution in [0.5, 0.6) is 0 Å².